The Labute approximate surface area is 108 Å². The predicted octanol–water partition coefficient (Wildman–Crippen LogP) is 1.36. The van der Waals surface area contributed by atoms with Crippen LogP contribution in [0.3, 0.4) is 0 Å². The third-order valence-corrected chi connectivity index (χ3v) is 4.28. The van der Waals surface area contributed by atoms with E-state index < -0.39 is 0 Å². The number of anilines is 2. The molecule has 0 atom stereocenters. The van der Waals surface area contributed by atoms with E-state index >= 15 is 0 Å². The topological polar surface area (TPSA) is 61.2 Å². The molecule has 1 saturated carbocycles. The molecular weight excluding hydrogens is 226 g/mol. The molecule has 0 aromatic carbocycles. The minimum absolute atomic E-state index is 0.710. The Balaban J connectivity index is 1.61. The number of rotatable bonds is 2. The lowest BCUT2D eigenvalue weighted by Crippen LogP contribution is -2.50. The zero-order valence-electron chi connectivity index (χ0n) is 11.2. The monoisotopic (exact) mass is 249 g/mol. The Morgan fingerprint density at radius 2 is 1.83 bits per heavy atom. The van der Waals surface area contributed by atoms with Gasteiger partial charge in [-0.25, -0.2) is 4.98 Å². The summed E-state index contributed by atoms with van der Waals surface area (Å²) in [7, 11) is 0. The van der Waals surface area contributed by atoms with Crippen LogP contribution in [-0.2, 0) is 0 Å². The molecule has 0 spiro atoms. The van der Waals surface area contributed by atoms with Crippen LogP contribution in [0.4, 0.5) is 11.6 Å². The molecule has 0 bridgehead atoms. The number of imidazole rings is 1. The number of nitrogens with zero attached hydrogens (tertiary/aromatic N) is 3. The summed E-state index contributed by atoms with van der Waals surface area (Å²) in [5, 5.41) is 0. The van der Waals surface area contributed by atoms with Gasteiger partial charge >= 0.3 is 0 Å². The van der Waals surface area contributed by atoms with Gasteiger partial charge in [0.1, 0.15) is 11.6 Å². The molecule has 1 aliphatic carbocycles. The molecule has 0 amide bonds. The Kier molecular flexibility index (Phi) is 3.16. The molecule has 0 radical (unpaired) electrons. The largest absolute Gasteiger partial charge is 0.382 e. The number of aromatic nitrogens is 2. The molecule has 5 nitrogen and oxygen atoms in total. The Hall–Kier alpha value is -1.23. The first-order valence-electron chi connectivity index (χ1n) is 7.05. The van der Waals surface area contributed by atoms with E-state index in [1.165, 1.54) is 25.7 Å². The van der Waals surface area contributed by atoms with Crippen LogP contribution in [0.5, 0.6) is 0 Å². The van der Waals surface area contributed by atoms with Crippen LogP contribution in [0.1, 0.15) is 31.5 Å². The Morgan fingerprint density at radius 3 is 2.39 bits per heavy atom. The first-order chi connectivity index (χ1) is 8.74. The van der Waals surface area contributed by atoms with Crippen molar-refractivity contribution in [2.75, 3.05) is 36.8 Å². The molecule has 0 unspecified atom stereocenters. The summed E-state index contributed by atoms with van der Waals surface area (Å²) in [5.74, 6) is 2.56. The van der Waals surface area contributed by atoms with Crippen LogP contribution in [-0.4, -0.2) is 47.1 Å². The highest BCUT2D eigenvalue weighted by Crippen LogP contribution is 2.26. The summed E-state index contributed by atoms with van der Waals surface area (Å²) in [6.45, 7) is 6.34. The van der Waals surface area contributed by atoms with Gasteiger partial charge in [-0.2, -0.15) is 0 Å². The molecule has 100 valence electrons. The summed E-state index contributed by atoms with van der Waals surface area (Å²) < 4.78 is 0. The SMILES string of the molecule is Cc1nc(N2CCN(C3CCCC3)CC2)c(N)[nH]1. The van der Waals surface area contributed by atoms with Gasteiger partial charge in [0.25, 0.3) is 0 Å². The molecule has 2 aliphatic rings. The van der Waals surface area contributed by atoms with E-state index in [0.29, 0.717) is 5.82 Å². The average molecular weight is 249 g/mol. The molecule has 3 N–H and O–H groups in total. The van der Waals surface area contributed by atoms with Crippen molar-refractivity contribution in [1.82, 2.24) is 14.9 Å². The number of piperazine rings is 1. The van der Waals surface area contributed by atoms with Gasteiger partial charge in [-0.3, -0.25) is 4.90 Å². The highest BCUT2D eigenvalue weighted by molar-refractivity contribution is 5.59. The fourth-order valence-electron chi connectivity index (χ4n) is 3.31. The van der Waals surface area contributed by atoms with Gasteiger partial charge in [-0.05, 0) is 19.8 Å². The maximum absolute atomic E-state index is 5.96. The predicted molar refractivity (Wildman–Crippen MR) is 73.8 cm³/mol. The van der Waals surface area contributed by atoms with Gasteiger partial charge in [-0.1, -0.05) is 12.8 Å². The molecule has 2 fully saturated rings. The Bertz CT molecular complexity index is 400. The van der Waals surface area contributed by atoms with Gasteiger partial charge in [0.15, 0.2) is 5.82 Å². The number of nitrogens with two attached hydrogens (primary N) is 1. The van der Waals surface area contributed by atoms with Gasteiger partial charge in [-0.15, -0.1) is 0 Å². The van der Waals surface area contributed by atoms with Crippen LogP contribution < -0.4 is 10.6 Å². The molecule has 3 rings (SSSR count). The fourth-order valence-corrected chi connectivity index (χ4v) is 3.31. The Morgan fingerprint density at radius 1 is 1.17 bits per heavy atom. The summed E-state index contributed by atoms with van der Waals surface area (Å²) in [5.41, 5.74) is 5.96. The van der Waals surface area contributed by atoms with Crippen molar-refractivity contribution in [2.45, 2.75) is 38.6 Å². The van der Waals surface area contributed by atoms with Crippen molar-refractivity contribution in [3.8, 4) is 0 Å². The van der Waals surface area contributed by atoms with Crippen molar-refractivity contribution in [2.24, 2.45) is 0 Å². The van der Waals surface area contributed by atoms with E-state index in [2.05, 4.69) is 19.8 Å². The lowest BCUT2D eigenvalue weighted by Gasteiger charge is -2.38. The van der Waals surface area contributed by atoms with Crippen LogP contribution in [0.25, 0.3) is 0 Å². The quantitative estimate of drug-likeness (QED) is 0.831. The van der Waals surface area contributed by atoms with Crippen molar-refractivity contribution in [1.29, 1.82) is 0 Å². The van der Waals surface area contributed by atoms with Crippen molar-refractivity contribution >= 4 is 11.6 Å². The molecular formula is C13H23N5. The molecule has 18 heavy (non-hydrogen) atoms. The lowest BCUT2D eigenvalue weighted by atomic mass is 10.2. The van der Waals surface area contributed by atoms with E-state index in [0.717, 1.165) is 43.9 Å². The second-order valence-corrected chi connectivity index (χ2v) is 5.52. The number of nitrogens with one attached hydrogen (secondary N) is 1. The van der Waals surface area contributed by atoms with Gasteiger partial charge < -0.3 is 15.6 Å². The summed E-state index contributed by atoms with van der Waals surface area (Å²) in [6, 6.07) is 0.838. The second-order valence-electron chi connectivity index (χ2n) is 5.52. The number of hydrogen-bond donors (Lipinski definition) is 2. The van der Waals surface area contributed by atoms with E-state index in [1.54, 1.807) is 0 Å². The minimum Gasteiger partial charge on any atom is -0.382 e. The number of aromatic amines is 1. The van der Waals surface area contributed by atoms with Gasteiger partial charge in [0, 0.05) is 32.2 Å². The summed E-state index contributed by atoms with van der Waals surface area (Å²) in [6.07, 6.45) is 5.61. The second kappa shape index (κ2) is 4.80. The molecule has 1 aromatic rings. The highest BCUT2D eigenvalue weighted by Gasteiger charge is 2.27. The molecule has 1 aromatic heterocycles. The molecule has 1 aliphatic heterocycles. The lowest BCUT2D eigenvalue weighted by molar-refractivity contribution is 0.187. The first-order valence-corrected chi connectivity index (χ1v) is 7.05. The van der Waals surface area contributed by atoms with Gasteiger partial charge in [0.05, 0.1) is 0 Å². The van der Waals surface area contributed by atoms with E-state index in [-0.39, 0.29) is 0 Å². The first kappa shape index (κ1) is 11.8. The average Bonchev–Trinajstić information content (AvgIpc) is 2.99. The standard InChI is InChI=1S/C13H23N5/c1-10-15-12(14)13(16-10)18-8-6-17(7-9-18)11-4-2-3-5-11/h11H,2-9,14H2,1H3,(H,15,16). The van der Waals surface area contributed by atoms with E-state index in [1.807, 2.05) is 6.92 Å². The smallest absolute Gasteiger partial charge is 0.171 e. The normalized spacial score (nSPS) is 22.8. The summed E-state index contributed by atoms with van der Waals surface area (Å²) in [4.78, 5) is 12.5. The zero-order chi connectivity index (χ0) is 12.5. The fraction of sp³-hybridized carbons (Fsp3) is 0.769. The van der Waals surface area contributed by atoms with Crippen LogP contribution >= 0.6 is 0 Å². The van der Waals surface area contributed by atoms with Crippen molar-refractivity contribution < 1.29 is 0 Å². The van der Waals surface area contributed by atoms with E-state index in [4.69, 9.17) is 5.73 Å². The molecule has 5 heteroatoms. The van der Waals surface area contributed by atoms with Crippen LogP contribution in [0, 0.1) is 6.92 Å². The third kappa shape index (κ3) is 2.19. The number of H-pyrrole nitrogens is 1. The highest BCUT2D eigenvalue weighted by atomic mass is 15.3. The van der Waals surface area contributed by atoms with Gasteiger partial charge in [0.2, 0.25) is 0 Å². The number of aryl methyl sites for hydroxylation is 1. The summed E-state index contributed by atoms with van der Waals surface area (Å²) >= 11 is 0. The maximum Gasteiger partial charge on any atom is 0.171 e. The van der Waals surface area contributed by atoms with E-state index in [9.17, 15) is 0 Å². The van der Waals surface area contributed by atoms with Crippen LogP contribution in [0.15, 0.2) is 0 Å². The number of nitrogen functional groups attached to an aromatic ring is 1. The number of hydrogen-bond acceptors (Lipinski definition) is 4. The minimum atomic E-state index is 0.710. The maximum atomic E-state index is 5.96. The zero-order valence-corrected chi connectivity index (χ0v) is 11.2. The van der Waals surface area contributed by atoms with Crippen LogP contribution in [0.2, 0.25) is 0 Å². The van der Waals surface area contributed by atoms with Crippen molar-refractivity contribution in [3.63, 3.8) is 0 Å². The molecule has 1 saturated heterocycles. The third-order valence-electron chi connectivity index (χ3n) is 4.28. The molecule has 2 heterocycles. The van der Waals surface area contributed by atoms with Crippen molar-refractivity contribution in [3.05, 3.63) is 5.82 Å².